The number of nitrogens with one attached hydrogen (secondary N) is 3. The standard InChI is InChI=1S/C8H16N6O2/c1-6(8-11-13-14-12-8)10-7(15)5-9-3-4-16-2/h6,9H,3-5H2,1-2H3,(H,10,15)(H,11,12,13,14). The van der Waals surface area contributed by atoms with Crippen LogP contribution in [0.3, 0.4) is 0 Å². The van der Waals surface area contributed by atoms with Crippen LogP contribution in [-0.4, -0.2) is 53.3 Å². The highest BCUT2D eigenvalue weighted by Crippen LogP contribution is 2.01. The number of hydrogen-bond donors (Lipinski definition) is 3. The predicted octanol–water partition coefficient (Wildman–Crippen LogP) is -1.39. The molecule has 0 saturated heterocycles. The van der Waals surface area contributed by atoms with E-state index in [0.29, 0.717) is 19.0 Å². The zero-order chi connectivity index (χ0) is 11.8. The smallest absolute Gasteiger partial charge is 0.234 e. The lowest BCUT2D eigenvalue weighted by Crippen LogP contribution is -2.36. The third-order valence-electron chi connectivity index (χ3n) is 1.90. The van der Waals surface area contributed by atoms with Crippen molar-refractivity contribution in [1.82, 2.24) is 31.3 Å². The second-order valence-corrected chi connectivity index (χ2v) is 3.23. The van der Waals surface area contributed by atoms with Crippen LogP contribution in [0.15, 0.2) is 0 Å². The molecule has 0 saturated carbocycles. The van der Waals surface area contributed by atoms with Crippen molar-refractivity contribution in [3.05, 3.63) is 5.82 Å². The van der Waals surface area contributed by atoms with Crippen LogP contribution in [-0.2, 0) is 9.53 Å². The Morgan fingerprint density at radius 1 is 1.62 bits per heavy atom. The first-order valence-electron chi connectivity index (χ1n) is 4.96. The summed E-state index contributed by atoms with van der Waals surface area (Å²) < 4.78 is 4.84. The van der Waals surface area contributed by atoms with Crippen LogP contribution in [0.1, 0.15) is 18.8 Å². The summed E-state index contributed by atoms with van der Waals surface area (Å²) in [6.45, 7) is 3.25. The summed E-state index contributed by atoms with van der Waals surface area (Å²) in [5.41, 5.74) is 0. The first-order valence-corrected chi connectivity index (χ1v) is 4.96. The predicted molar refractivity (Wildman–Crippen MR) is 55.5 cm³/mol. The fraction of sp³-hybridized carbons (Fsp3) is 0.750. The highest BCUT2D eigenvalue weighted by Gasteiger charge is 2.12. The van der Waals surface area contributed by atoms with Crippen molar-refractivity contribution in [3.8, 4) is 0 Å². The van der Waals surface area contributed by atoms with E-state index in [-0.39, 0.29) is 18.5 Å². The molecule has 8 nitrogen and oxygen atoms in total. The molecule has 1 aromatic heterocycles. The molecule has 0 radical (unpaired) electrons. The minimum Gasteiger partial charge on any atom is -0.383 e. The first kappa shape index (κ1) is 12.5. The number of amides is 1. The highest BCUT2D eigenvalue weighted by molar-refractivity contribution is 5.78. The van der Waals surface area contributed by atoms with Crippen LogP contribution in [0.4, 0.5) is 0 Å². The normalized spacial score (nSPS) is 12.4. The SMILES string of the molecule is COCCNCC(=O)NC(C)c1nn[nH]n1. The van der Waals surface area contributed by atoms with Gasteiger partial charge in [-0.2, -0.15) is 5.21 Å². The summed E-state index contributed by atoms with van der Waals surface area (Å²) in [4.78, 5) is 11.4. The number of aromatic amines is 1. The Labute approximate surface area is 93.1 Å². The van der Waals surface area contributed by atoms with Gasteiger partial charge in [-0.15, -0.1) is 10.2 Å². The lowest BCUT2D eigenvalue weighted by molar-refractivity contribution is -0.120. The maximum Gasteiger partial charge on any atom is 0.234 e. The third kappa shape index (κ3) is 4.32. The second kappa shape index (κ2) is 6.85. The molecule has 16 heavy (non-hydrogen) atoms. The van der Waals surface area contributed by atoms with Crippen molar-refractivity contribution >= 4 is 5.91 Å². The maximum absolute atomic E-state index is 11.4. The highest BCUT2D eigenvalue weighted by atomic mass is 16.5. The Bertz CT molecular complexity index is 301. The second-order valence-electron chi connectivity index (χ2n) is 3.23. The number of carbonyl (C=O) groups excluding carboxylic acids is 1. The Morgan fingerprint density at radius 2 is 2.44 bits per heavy atom. The van der Waals surface area contributed by atoms with Gasteiger partial charge in [-0.05, 0) is 6.92 Å². The van der Waals surface area contributed by atoms with Crippen molar-refractivity contribution in [2.45, 2.75) is 13.0 Å². The van der Waals surface area contributed by atoms with Crippen LogP contribution in [0.25, 0.3) is 0 Å². The number of aromatic nitrogens is 4. The average molecular weight is 228 g/mol. The van der Waals surface area contributed by atoms with E-state index in [9.17, 15) is 4.79 Å². The molecule has 0 spiro atoms. The summed E-state index contributed by atoms with van der Waals surface area (Å²) >= 11 is 0. The zero-order valence-electron chi connectivity index (χ0n) is 9.36. The molecule has 90 valence electrons. The number of ether oxygens (including phenoxy) is 1. The molecular formula is C8H16N6O2. The minimum atomic E-state index is -0.254. The van der Waals surface area contributed by atoms with Gasteiger partial charge < -0.3 is 15.4 Å². The Balaban J connectivity index is 2.19. The molecule has 1 unspecified atom stereocenters. The van der Waals surface area contributed by atoms with Gasteiger partial charge in [0.1, 0.15) is 0 Å². The molecule has 1 atom stereocenters. The molecule has 8 heteroatoms. The quantitative estimate of drug-likeness (QED) is 0.496. The first-order chi connectivity index (χ1) is 7.74. The van der Waals surface area contributed by atoms with Crippen LogP contribution < -0.4 is 10.6 Å². The summed E-state index contributed by atoms with van der Waals surface area (Å²) in [6, 6.07) is -0.254. The van der Waals surface area contributed by atoms with E-state index in [4.69, 9.17) is 4.74 Å². The lowest BCUT2D eigenvalue weighted by Gasteiger charge is -2.10. The molecule has 0 aliphatic carbocycles. The van der Waals surface area contributed by atoms with Crippen LogP contribution >= 0.6 is 0 Å². The van der Waals surface area contributed by atoms with E-state index in [1.165, 1.54) is 0 Å². The van der Waals surface area contributed by atoms with Crippen molar-refractivity contribution in [1.29, 1.82) is 0 Å². The number of tetrazole rings is 1. The lowest BCUT2D eigenvalue weighted by atomic mass is 10.3. The van der Waals surface area contributed by atoms with Gasteiger partial charge in [-0.25, -0.2) is 0 Å². The van der Waals surface area contributed by atoms with Crippen molar-refractivity contribution in [2.75, 3.05) is 26.8 Å². The van der Waals surface area contributed by atoms with E-state index in [1.54, 1.807) is 14.0 Å². The van der Waals surface area contributed by atoms with Gasteiger partial charge in [0.2, 0.25) is 5.91 Å². The number of methoxy groups -OCH3 is 1. The van der Waals surface area contributed by atoms with E-state index in [0.717, 1.165) is 0 Å². The molecule has 0 aromatic carbocycles. The minimum absolute atomic E-state index is 0.117. The number of rotatable bonds is 7. The number of carbonyl (C=O) groups is 1. The van der Waals surface area contributed by atoms with Crippen LogP contribution in [0.2, 0.25) is 0 Å². The fourth-order valence-corrected chi connectivity index (χ4v) is 1.09. The van der Waals surface area contributed by atoms with Crippen LogP contribution in [0.5, 0.6) is 0 Å². The molecule has 3 N–H and O–H groups in total. The molecule has 1 amide bonds. The van der Waals surface area contributed by atoms with Crippen molar-refractivity contribution in [2.24, 2.45) is 0 Å². The molecular weight excluding hydrogens is 212 g/mol. The van der Waals surface area contributed by atoms with Gasteiger partial charge in [0.15, 0.2) is 5.82 Å². The van der Waals surface area contributed by atoms with E-state index >= 15 is 0 Å². The van der Waals surface area contributed by atoms with Gasteiger partial charge in [0.25, 0.3) is 0 Å². The third-order valence-corrected chi connectivity index (χ3v) is 1.90. The summed E-state index contributed by atoms with van der Waals surface area (Å²) in [7, 11) is 1.61. The van der Waals surface area contributed by atoms with Gasteiger partial charge >= 0.3 is 0 Å². The van der Waals surface area contributed by atoms with Gasteiger partial charge in [0.05, 0.1) is 19.2 Å². The molecule has 1 rings (SSSR count). The maximum atomic E-state index is 11.4. The van der Waals surface area contributed by atoms with Gasteiger partial charge in [-0.3, -0.25) is 4.79 Å². The Morgan fingerprint density at radius 3 is 3.06 bits per heavy atom. The Kier molecular flexibility index (Phi) is 5.37. The Hall–Kier alpha value is -1.54. The summed E-state index contributed by atoms with van der Waals surface area (Å²) in [6.07, 6.45) is 0. The van der Waals surface area contributed by atoms with E-state index in [2.05, 4.69) is 31.3 Å². The average Bonchev–Trinajstić information content (AvgIpc) is 2.77. The summed E-state index contributed by atoms with van der Waals surface area (Å²) in [5.74, 6) is 0.346. The number of H-pyrrole nitrogens is 1. The van der Waals surface area contributed by atoms with E-state index in [1.807, 2.05) is 0 Å². The molecule has 1 aromatic rings. The zero-order valence-corrected chi connectivity index (χ0v) is 9.36. The molecule has 0 aliphatic heterocycles. The summed E-state index contributed by atoms with van der Waals surface area (Å²) in [5, 5.41) is 19.0. The van der Waals surface area contributed by atoms with Gasteiger partial charge in [0, 0.05) is 13.7 Å². The fourth-order valence-electron chi connectivity index (χ4n) is 1.09. The monoisotopic (exact) mass is 228 g/mol. The topological polar surface area (TPSA) is 105 Å². The number of hydrogen-bond acceptors (Lipinski definition) is 6. The number of nitrogens with zero attached hydrogens (tertiary/aromatic N) is 3. The van der Waals surface area contributed by atoms with Crippen LogP contribution in [0, 0.1) is 0 Å². The molecule has 0 aliphatic rings. The molecule has 0 bridgehead atoms. The van der Waals surface area contributed by atoms with Gasteiger partial charge in [-0.1, -0.05) is 5.21 Å². The van der Waals surface area contributed by atoms with Crippen molar-refractivity contribution in [3.63, 3.8) is 0 Å². The van der Waals surface area contributed by atoms with Crippen molar-refractivity contribution < 1.29 is 9.53 Å². The largest absolute Gasteiger partial charge is 0.383 e. The van der Waals surface area contributed by atoms with E-state index < -0.39 is 0 Å². The molecule has 1 heterocycles. The molecule has 0 fully saturated rings.